The molecule has 1 aliphatic rings. The van der Waals surface area contributed by atoms with E-state index in [2.05, 4.69) is 16.4 Å². The summed E-state index contributed by atoms with van der Waals surface area (Å²) in [6, 6.07) is 6.10. The predicted octanol–water partition coefficient (Wildman–Crippen LogP) is 3.69. The van der Waals surface area contributed by atoms with Gasteiger partial charge in [0.15, 0.2) is 5.96 Å². The van der Waals surface area contributed by atoms with Crippen LogP contribution in [0.5, 0.6) is 0 Å². The number of hydrogen-bond acceptors (Lipinski definition) is 2. The third-order valence-corrected chi connectivity index (χ3v) is 4.42. The number of piperidine rings is 1. The van der Waals surface area contributed by atoms with Crippen molar-refractivity contribution in [3.63, 3.8) is 0 Å². The smallest absolute Gasteiger partial charge is 0.370 e. The van der Waals surface area contributed by atoms with Crippen molar-refractivity contribution < 1.29 is 13.2 Å². The number of aliphatic imine (C=N–C) groups is 1. The van der Waals surface area contributed by atoms with Crippen molar-refractivity contribution in [2.45, 2.75) is 39.3 Å². The number of guanidine groups is 1. The fourth-order valence-electron chi connectivity index (χ4n) is 3.29. The van der Waals surface area contributed by atoms with Gasteiger partial charge >= 0.3 is 6.18 Å². The molecule has 1 saturated heterocycles. The number of alkyl halides is 3. The second-order valence-corrected chi connectivity index (χ2v) is 6.89. The van der Waals surface area contributed by atoms with Crippen LogP contribution in [0.25, 0.3) is 0 Å². The van der Waals surface area contributed by atoms with E-state index in [9.17, 15) is 13.2 Å². The summed E-state index contributed by atoms with van der Waals surface area (Å²) >= 11 is 0. The molecule has 0 radical (unpaired) electrons. The summed E-state index contributed by atoms with van der Waals surface area (Å²) in [6.45, 7) is 4.85. The van der Waals surface area contributed by atoms with Crippen molar-refractivity contribution in [2.24, 2.45) is 16.6 Å². The maximum Gasteiger partial charge on any atom is 0.401 e. The van der Waals surface area contributed by atoms with E-state index in [1.807, 2.05) is 26.0 Å². The van der Waals surface area contributed by atoms with Crippen molar-refractivity contribution in [1.82, 2.24) is 4.90 Å². The van der Waals surface area contributed by atoms with Gasteiger partial charge in [-0.05, 0) is 75.4 Å². The molecule has 0 amide bonds. The minimum absolute atomic E-state index is 0.375. The van der Waals surface area contributed by atoms with Crippen molar-refractivity contribution in [2.75, 3.05) is 31.5 Å². The van der Waals surface area contributed by atoms with Crippen LogP contribution in [0.3, 0.4) is 0 Å². The SMILES string of the molecule is Cc1cc(C)cc(NC(N)=NCCC2CCN(CC(F)(F)F)CC2)c1. The van der Waals surface area contributed by atoms with Gasteiger partial charge in [-0.2, -0.15) is 13.2 Å². The fourth-order valence-corrected chi connectivity index (χ4v) is 3.29. The molecule has 1 aliphatic heterocycles. The quantitative estimate of drug-likeness (QED) is 0.625. The molecule has 0 aromatic heterocycles. The topological polar surface area (TPSA) is 53.6 Å². The van der Waals surface area contributed by atoms with Crippen LogP contribution >= 0.6 is 0 Å². The predicted molar refractivity (Wildman–Crippen MR) is 95.9 cm³/mol. The summed E-state index contributed by atoms with van der Waals surface area (Å²) < 4.78 is 37.1. The lowest BCUT2D eigenvalue weighted by Crippen LogP contribution is -2.40. The average Bonchev–Trinajstić information content (AvgIpc) is 2.46. The van der Waals surface area contributed by atoms with Gasteiger partial charge in [0.25, 0.3) is 0 Å². The highest BCUT2D eigenvalue weighted by Crippen LogP contribution is 2.24. The van der Waals surface area contributed by atoms with Crippen LogP contribution in [0.1, 0.15) is 30.4 Å². The summed E-state index contributed by atoms with van der Waals surface area (Å²) in [7, 11) is 0. The van der Waals surface area contributed by atoms with E-state index in [-0.39, 0.29) is 0 Å². The number of nitrogens with two attached hydrogens (primary N) is 1. The van der Waals surface area contributed by atoms with Crippen molar-refractivity contribution in [3.8, 4) is 0 Å². The van der Waals surface area contributed by atoms with Gasteiger partial charge in [-0.15, -0.1) is 0 Å². The Morgan fingerprint density at radius 1 is 1.20 bits per heavy atom. The van der Waals surface area contributed by atoms with Crippen molar-refractivity contribution >= 4 is 11.6 Å². The number of benzene rings is 1. The zero-order valence-corrected chi connectivity index (χ0v) is 14.9. The molecule has 3 N–H and O–H groups in total. The van der Waals surface area contributed by atoms with Crippen LogP contribution in [-0.4, -0.2) is 43.2 Å². The third kappa shape index (κ3) is 7.34. The minimum Gasteiger partial charge on any atom is -0.370 e. The van der Waals surface area contributed by atoms with Gasteiger partial charge < -0.3 is 11.1 Å². The average molecular weight is 356 g/mol. The number of rotatable bonds is 5. The Balaban J connectivity index is 1.72. The number of nitrogens with zero attached hydrogens (tertiary/aromatic N) is 2. The van der Waals surface area contributed by atoms with Gasteiger partial charge in [0.2, 0.25) is 0 Å². The van der Waals surface area contributed by atoms with Gasteiger partial charge in [0, 0.05) is 12.2 Å². The Bertz CT molecular complexity index is 570. The molecule has 0 bridgehead atoms. The van der Waals surface area contributed by atoms with Crippen LogP contribution in [-0.2, 0) is 0 Å². The van der Waals surface area contributed by atoms with Gasteiger partial charge in [0.1, 0.15) is 0 Å². The zero-order chi connectivity index (χ0) is 18.4. The first kappa shape index (κ1) is 19.6. The first-order valence-electron chi connectivity index (χ1n) is 8.65. The normalized spacial score (nSPS) is 17.7. The highest BCUT2D eigenvalue weighted by atomic mass is 19.4. The van der Waals surface area contributed by atoms with Crippen LogP contribution in [0, 0.1) is 19.8 Å². The fraction of sp³-hybridized carbons (Fsp3) is 0.611. The lowest BCUT2D eigenvalue weighted by Gasteiger charge is -2.32. The molecular weight excluding hydrogens is 329 g/mol. The molecular formula is C18H27F3N4. The summed E-state index contributed by atoms with van der Waals surface area (Å²) in [6.07, 6.45) is -1.67. The van der Waals surface area contributed by atoms with E-state index < -0.39 is 12.7 Å². The zero-order valence-electron chi connectivity index (χ0n) is 14.9. The van der Waals surface area contributed by atoms with E-state index in [0.29, 0.717) is 31.5 Å². The first-order chi connectivity index (χ1) is 11.7. The Morgan fingerprint density at radius 2 is 1.80 bits per heavy atom. The molecule has 4 nitrogen and oxygen atoms in total. The van der Waals surface area contributed by atoms with Gasteiger partial charge in [-0.3, -0.25) is 9.89 Å². The monoisotopic (exact) mass is 356 g/mol. The molecule has 1 aromatic carbocycles. The molecule has 0 spiro atoms. The van der Waals surface area contributed by atoms with Crippen LogP contribution < -0.4 is 11.1 Å². The highest BCUT2D eigenvalue weighted by Gasteiger charge is 2.32. The molecule has 0 saturated carbocycles. The van der Waals surface area contributed by atoms with Crippen LogP contribution in [0.2, 0.25) is 0 Å². The summed E-state index contributed by atoms with van der Waals surface area (Å²) in [5, 5.41) is 3.09. The number of likely N-dealkylation sites (tertiary alicyclic amines) is 1. The number of aryl methyl sites for hydroxylation is 2. The van der Waals surface area contributed by atoms with Crippen molar-refractivity contribution in [3.05, 3.63) is 29.3 Å². The van der Waals surface area contributed by atoms with E-state index in [0.717, 1.165) is 36.1 Å². The van der Waals surface area contributed by atoms with E-state index in [1.165, 1.54) is 4.90 Å². The highest BCUT2D eigenvalue weighted by molar-refractivity contribution is 5.92. The molecule has 7 heteroatoms. The number of hydrogen-bond donors (Lipinski definition) is 2. The largest absolute Gasteiger partial charge is 0.401 e. The number of nitrogens with one attached hydrogen (secondary N) is 1. The number of anilines is 1. The first-order valence-corrected chi connectivity index (χ1v) is 8.65. The molecule has 0 atom stereocenters. The Kier molecular flexibility index (Phi) is 6.70. The van der Waals surface area contributed by atoms with Gasteiger partial charge in [0.05, 0.1) is 6.54 Å². The molecule has 2 rings (SSSR count). The molecule has 1 heterocycles. The molecule has 0 unspecified atom stereocenters. The van der Waals surface area contributed by atoms with Gasteiger partial charge in [-0.25, -0.2) is 0 Å². The Hall–Kier alpha value is -1.76. The van der Waals surface area contributed by atoms with E-state index in [1.54, 1.807) is 0 Å². The number of halogens is 3. The maximum atomic E-state index is 12.4. The van der Waals surface area contributed by atoms with E-state index in [4.69, 9.17) is 5.73 Å². The minimum atomic E-state index is -4.11. The summed E-state index contributed by atoms with van der Waals surface area (Å²) in [5.41, 5.74) is 9.14. The van der Waals surface area contributed by atoms with Crippen LogP contribution in [0.15, 0.2) is 23.2 Å². The standard InChI is InChI=1S/C18H27F3N4/c1-13-9-14(2)11-16(10-13)24-17(22)23-6-3-15-4-7-25(8-5-15)12-18(19,20)21/h9-11,15H,3-8,12H2,1-2H3,(H3,22,23,24). The summed E-state index contributed by atoms with van der Waals surface area (Å²) in [4.78, 5) is 5.82. The third-order valence-electron chi connectivity index (χ3n) is 4.42. The maximum absolute atomic E-state index is 12.4. The lowest BCUT2D eigenvalue weighted by molar-refractivity contribution is -0.148. The van der Waals surface area contributed by atoms with Crippen molar-refractivity contribution in [1.29, 1.82) is 0 Å². The second-order valence-electron chi connectivity index (χ2n) is 6.89. The second kappa shape index (κ2) is 8.56. The van der Waals surface area contributed by atoms with Gasteiger partial charge in [-0.1, -0.05) is 6.07 Å². The lowest BCUT2D eigenvalue weighted by atomic mass is 9.93. The van der Waals surface area contributed by atoms with Crippen LogP contribution in [0.4, 0.5) is 18.9 Å². The molecule has 1 fully saturated rings. The summed E-state index contributed by atoms with van der Waals surface area (Å²) in [5.74, 6) is 0.793. The molecule has 25 heavy (non-hydrogen) atoms. The molecule has 140 valence electrons. The molecule has 0 aliphatic carbocycles. The Morgan fingerprint density at radius 3 is 2.36 bits per heavy atom. The molecule has 1 aromatic rings. The van der Waals surface area contributed by atoms with E-state index >= 15 is 0 Å². The Labute approximate surface area is 147 Å².